The number of aromatic nitrogens is 1. The molecule has 21 heavy (non-hydrogen) atoms. The molecule has 1 heterocycles. The summed E-state index contributed by atoms with van der Waals surface area (Å²) >= 11 is 0. The molecule has 0 bridgehead atoms. The Kier molecular flexibility index (Phi) is 5.35. The van der Waals surface area contributed by atoms with Crippen LogP contribution in [0.1, 0.15) is 48.8 Å². The molecule has 0 saturated carbocycles. The standard InChI is InChI=1S/C16H23NO4/c1-6-9-21-14(19)8-7-12-11(2)13(10-18)17(15(12)20)16(3,4)5/h6,10,20H,1,7-9H2,2-5H3. The minimum Gasteiger partial charge on any atom is -0.494 e. The van der Waals surface area contributed by atoms with E-state index in [4.69, 9.17) is 4.74 Å². The Morgan fingerprint density at radius 2 is 2.05 bits per heavy atom. The Morgan fingerprint density at radius 3 is 2.48 bits per heavy atom. The number of esters is 1. The quantitative estimate of drug-likeness (QED) is 0.497. The van der Waals surface area contributed by atoms with Crippen molar-refractivity contribution in [3.8, 4) is 5.88 Å². The van der Waals surface area contributed by atoms with E-state index in [0.717, 1.165) is 6.29 Å². The number of carbonyl (C=O) groups is 2. The van der Waals surface area contributed by atoms with Crippen LogP contribution in [0.15, 0.2) is 12.7 Å². The highest BCUT2D eigenvalue weighted by Gasteiger charge is 2.26. The fourth-order valence-corrected chi connectivity index (χ4v) is 2.31. The molecule has 0 saturated heterocycles. The van der Waals surface area contributed by atoms with Gasteiger partial charge in [0.1, 0.15) is 6.61 Å². The van der Waals surface area contributed by atoms with Gasteiger partial charge in [0.2, 0.25) is 0 Å². The number of hydrogen-bond acceptors (Lipinski definition) is 4. The van der Waals surface area contributed by atoms with Crippen molar-refractivity contribution < 1.29 is 19.4 Å². The van der Waals surface area contributed by atoms with E-state index in [-0.39, 0.29) is 24.9 Å². The van der Waals surface area contributed by atoms with E-state index in [1.54, 1.807) is 11.5 Å². The van der Waals surface area contributed by atoms with Crippen LogP contribution in [0, 0.1) is 6.92 Å². The van der Waals surface area contributed by atoms with Crippen LogP contribution in [0.2, 0.25) is 0 Å². The largest absolute Gasteiger partial charge is 0.494 e. The first-order valence-corrected chi connectivity index (χ1v) is 6.89. The van der Waals surface area contributed by atoms with Gasteiger partial charge in [-0.1, -0.05) is 12.7 Å². The molecule has 0 radical (unpaired) electrons. The smallest absolute Gasteiger partial charge is 0.306 e. The van der Waals surface area contributed by atoms with Crippen LogP contribution in [0.5, 0.6) is 5.88 Å². The predicted octanol–water partition coefficient (Wildman–Crippen LogP) is 2.73. The second-order valence-corrected chi connectivity index (χ2v) is 5.91. The van der Waals surface area contributed by atoms with Gasteiger partial charge in [0.05, 0.1) is 5.69 Å². The summed E-state index contributed by atoms with van der Waals surface area (Å²) in [5.41, 5.74) is 1.33. The minimum absolute atomic E-state index is 0.0404. The van der Waals surface area contributed by atoms with Gasteiger partial charge in [-0.25, -0.2) is 0 Å². The molecule has 0 amide bonds. The molecule has 1 rings (SSSR count). The number of carbonyl (C=O) groups excluding carboxylic acids is 2. The highest BCUT2D eigenvalue weighted by Crippen LogP contribution is 2.34. The Morgan fingerprint density at radius 1 is 1.43 bits per heavy atom. The summed E-state index contributed by atoms with van der Waals surface area (Å²) in [6, 6.07) is 0. The van der Waals surface area contributed by atoms with Gasteiger partial charge >= 0.3 is 5.97 Å². The SMILES string of the molecule is C=CCOC(=O)CCc1c(C)c(C=O)n(C(C)(C)C)c1O. The number of aromatic hydroxyl groups is 1. The summed E-state index contributed by atoms with van der Waals surface area (Å²) in [6.45, 7) is 11.1. The zero-order chi connectivity index (χ0) is 16.2. The maximum Gasteiger partial charge on any atom is 0.306 e. The van der Waals surface area contributed by atoms with E-state index >= 15 is 0 Å². The molecular formula is C16H23NO4. The summed E-state index contributed by atoms with van der Waals surface area (Å²) in [4.78, 5) is 22.8. The summed E-state index contributed by atoms with van der Waals surface area (Å²) in [7, 11) is 0. The lowest BCUT2D eigenvalue weighted by Gasteiger charge is -2.24. The van der Waals surface area contributed by atoms with Crippen molar-refractivity contribution in [1.82, 2.24) is 4.57 Å². The van der Waals surface area contributed by atoms with E-state index in [1.807, 2.05) is 20.8 Å². The molecule has 0 fully saturated rings. The molecule has 1 N–H and O–H groups in total. The third kappa shape index (κ3) is 3.74. The van der Waals surface area contributed by atoms with Crippen molar-refractivity contribution in [1.29, 1.82) is 0 Å². The molecule has 0 aromatic carbocycles. The van der Waals surface area contributed by atoms with Crippen LogP contribution in [0.4, 0.5) is 0 Å². The van der Waals surface area contributed by atoms with E-state index in [2.05, 4.69) is 6.58 Å². The molecular weight excluding hydrogens is 270 g/mol. The van der Waals surface area contributed by atoms with Crippen molar-refractivity contribution in [3.63, 3.8) is 0 Å². The van der Waals surface area contributed by atoms with Gasteiger partial charge in [0.15, 0.2) is 12.2 Å². The number of aldehydes is 1. The highest BCUT2D eigenvalue weighted by molar-refractivity contribution is 5.78. The fraction of sp³-hybridized carbons (Fsp3) is 0.500. The van der Waals surface area contributed by atoms with Crippen LogP contribution in [0.3, 0.4) is 0 Å². The minimum atomic E-state index is -0.424. The van der Waals surface area contributed by atoms with Crippen LogP contribution < -0.4 is 0 Å². The van der Waals surface area contributed by atoms with Crippen molar-refractivity contribution in [2.24, 2.45) is 0 Å². The van der Waals surface area contributed by atoms with Crippen LogP contribution in [0.25, 0.3) is 0 Å². The van der Waals surface area contributed by atoms with Crippen molar-refractivity contribution >= 4 is 12.3 Å². The molecule has 0 unspecified atom stereocenters. The Bertz CT molecular complexity index is 550. The number of hydrogen-bond donors (Lipinski definition) is 1. The van der Waals surface area contributed by atoms with Crippen LogP contribution in [-0.4, -0.2) is 28.5 Å². The summed E-state index contributed by atoms with van der Waals surface area (Å²) in [5, 5.41) is 10.4. The van der Waals surface area contributed by atoms with Gasteiger partial charge in [0.25, 0.3) is 0 Å². The Labute approximate surface area is 125 Å². The Hall–Kier alpha value is -2.04. The summed E-state index contributed by atoms with van der Waals surface area (Å²) in [5.74, 6) is -0.316. The number of rotatable bonds is 6. The van der Waals surface area contributed by atoms with Crippen LogP contribution >= 0.6 is 0 Å². The lowest BCUT2D eigenvalue weighted by molar-refractivity contribution is -0.142. The van der Waals surface area contributed by atoms with E-state index in [0.29, 0.717) is 23.2 Å². The third-order valence-corrected chi connectivity index (χ3v) is 3.28. The number of nitrogens with zero attached hydrogens (tertiary/aromatic N) is 1. The predicted molar refractivity (Wildman–Crippen MR) is 80.7 cm³/mol. The molecule has 0 atom stereocenters. The molecule has 5 nitrogen and oxygen atoms in total. The normalized spacial score (nSPS) is 11.2. The molecule has 5 heteroatoms. The first kappa shape index (κ1) is 17.0. The molecule has 0 aliphatic carbocycles. The van der Waals surface area contributed by atoms with Crippen LogP contribution in [-0.2, 0) is 21.5 Å². The fourth-order valence-electron chi connectivity index (χ4n) is 2.31. The van der Waals surface area contributed by atoms with Gasteiger partial charge in [-0.15, -0.1) is 0 Å². The maximum absolute atomic E-state index is 11.5. The van der Waals surface area contributed by atoms with Crippen molar-refractivity contribution in [3.05, 3.63) is 29.5 Å². The average molecular weight is 293 g/mol. The highest BCUT2D eigenvalue weighted by atomic mass is 16.5. The zero-order valence-corrected chi connectivity index (χ0v) is 13.1. The van der Waals surface area contributed by atoms with Gasteiger partial charge in [-0.05, 0) is 39.7 Å². The monoisotopic (exact) mass is 293 g/mol. The second-order valence-electron chi connectivity index (χ2n) is 5.91. The summed E-state index contributed by atoms with van der Waals surface area (Å²) in [6.07, 6.45) is 2.72. The molecule has 0 aliphatic rings. The van der Waals surface area contributed by atoms with E-state index in [1.165, 1.54) is 6.08 Å². The second kappa shape index (κ2) is 6.61. The number of ether oxygens (including phenoxy) is 1. The van der Waals surface area contributed by atoms with Crippen molar-refractivity contribution in [2.75, 3.05) is 6.61 Å². The first-order valence-electron chi connectivity index (χ1n) is 6.89. The van der Waals surface area contributed by atoms with Gasteiger partial charge in [0, 0.05) is 17.5 Å². The molecule has 0 spiro atoms. The Balaban J connectivity index is 3.04. The maximum atomic E-state index is 11.5. The topological polar surface area (TPSA) is 68.5 Å². The lowest BCUT2D eigenvalue weighted by atomic mass is 10.1. The van der Waals surface area contributed by atoms with Crippen molar-refractivity contribution in [2.45, 2.75) is 46.1 Å². The van der Waals surface area contributed by atoms with Gasteiger partial charge in [-0.2, -0.15) is 0 Å². The lowest BCUT2D eigenvalue weighted by Crippen LogP contribution is -2.23. The van der Waals surface area contributed by atoms with E-state index < -0.39 is 5.54 Å². The average Bonchev–Trinajstić information content (AvgIpc) is 2.64. The first-order chi connectivity index (χ1) is 9.73. The molecule has 116 valence electrons. The molecule has 1 aromatic rings. The zero-order valence-electron chi connectivity index (χ0n) is 13.1. The third-order valence-electron chi connectivity index (χ3n) is 3.28. The van der Waals surface area contributed by atoms with Gasteiger partial charge < -0.3 is 14.4 Å². The van der Waals surface area contributed by atoms with E-state index in [9.17, 15) is 14.7 Å². The summed E-state index contributed by atoms with van der Waals surface area (Å²) < 4.78 is 6.51. The molecule has 1 aromatic heterocycles. The van der Waals surface area contributed by atoms with Gasteiger partial charge in [-0.3, -0.25) is 9.59 Å². The molecule has 0 aliphatic heterocycles.